The molecule has 0 radical (unpaired) electrons. The van der Waals surface area contributed by atoms with Gasteiger partial charge in [0.1, 0.15) is 0 Å². The van der Waals surface area contributed by atoms with E-state index in [4.69, 9.17) is 0 Å². The van der Waals surface area contributed by atoms with Gasteiger partial charge in [-0.2, -0.15) is 0 Å². The van der Waals surface area contributed by atoms with Crippen LogP contribution in [0.5, 0.6) is 0 Å². The van der Waals surface area contributed by atoms with Gasteiger partial charge >= 0.3 is 0 Å². The van der Waals surface area contributed by atoms with E-state index < -0.39 is 11.6 Å². The van der Waals surface area contributed by atoms with Crippen molar-refractivity contribution in [2.45, 2.75) is 57.3 Å². The molecule has 1 aromatic carbocycles. The molecule has 0 spiro atoms. The van der Waals surface area contributed by atoms with Gasteiger partial charge in [-0.1, -0.05) is 6.07 Å². The van der Waals surface area contributed by atoms with Crippen molar-refractivity contribution in [3.63, 3.8) is 0 Å². The minimum atomic E-state index is -0.844. The molecule has 3 rings (SSSR count). The molecule has 24 heavy (non-hydrogen) atoms. The van der Waals surface area contributed by atoms with E-state index in [1.54, 1.807) is 6.07 Å². The van der Waals surface area contributed by atoms with Crippen molar-refractivity contribution < 1.29 is 13.6 Å². The lowest BCUT2D eigenvalue weighted by molar-refractivity contribution is -0.123. The molecule has 0 bridgehead atoms. The summed E-state index contributed by atoms with van der Waals surface area (Å²) in [6.07, 6.45) is 2.66. The lowest BCUT2D eigenvalue weighted by Crippen LogP contribution is -2.47. The van der Waals surface area contributed by atoms with Gasteiger partial charge < -0.3 is 10.6 Å². The maximum absolute atomic E-state index is 13.7. The fraction of sp³-hybridized carbons (Fsp3) is 0.611. The Kier molecular flexibility index (Phi) is 5.15. The first-order valence-electron chi connectivity index (χ1n) is 8.72. The monoisotopic (exact) mass is 337 g/mol. The highest BCUT2D eigenvalue weighted by Gasteiger charge is 2.38. The van der Waals surface area contributed by atoms with Crippen molar-refractivity contribution in [2.75, 3.05) is 13.1 Å². The molecule has 2 heterocycles. The van der Waals surface area contributed by atoms with Gasteiger partial charge in [0.15, 0.2) is 11.6 Å². The Balaban J connectivity index is 1.81. The fourth-order valence-electron chi connectivity index (χ4n) is 3.86. The molecule has 2 aliphatic rings. The maximum atomic E-state index is 13.7. The molecular weight excluding hydrogens is 312 g/mol. The van der Waals surface area contributed by atoms with Crippen molar-refractivity contribution in [1.82, 2.24) is 15.5 Å². The van der Waals surface area contributed by atoms with Crippen LogP contribution in [0.4, 0.5) is 8.78 Å². The molecule has 2 aliphatic heterocycles. The number of nitrogens with one attached hydrogen (secondary N) is 2. The second-order valence-electron chi connectivity index (χ2n) is 7.00. The maximum Gasteiger partial charge on any atom is 0.237 e. The van der Waals surface area contributed by atoms with Gasteiger partial charge in [-0.3, -0.25) is 9.69 Å². The Morgan fingerprint density at radius 2 is 2.08 bits per heavy atom. The number of rotatable bonds is 4. The van der Waals surface area contributed by atoms with E-state index in [1.807, 2.05) is 0 Å². The van der Waals surface area contributed by atoms with Crippen molar-refractivity contribution >= 4 is 5.91 Å². The Labute approximate surface area is 141 Å². The first-order valence-corrected chi connectivity index (χ1v) is 8.72. The molecule has 2 saturated heterocycles. The fourth-order valence-corrected chi connectivity index (χ4v) is 3.86. The molecule has 1 aromatic rings. The zero-order valence-electron chi connectivity index (χ0n) is 14.2. The van der Waals surface area contributed by atoms with E-state index in [2.05, 4.69) is 29.4 Å². The number of nitrogens with zero attached hydrogens (tertiary/aromatic N) is 1. The molecule has 0 aliphatic carbocycles. The van der Waals surface area contributed by atoms with Crippen LogP contribution in [0.1, 0.15) is 44.7 Å². The molecule has 0 aromatic heterocycles. The van der Waals surface area contributed by atoms with Gasteiger partial charge in [-0.05, 0) is 57.4 Å². The third-order valence-corrected chi connectivity index (χ3v) is 5.09. The second-order valence-corrected chi connectivity index (χ2v) is 7.00. The molecule has 2 fully saturated rings. The van der Waals surface area contributed by atoms with Gasteiger partial charge in [-0.15, -0.1) is 0 Å². The number of carbonyl (C=O) groups is 1. The molecule has 6 heteroatoms. The lowest BCUT2D eigenvalue weighted by Gasteiger charge is -2.32. The molecular formula is C18H25F2N3O. The predicted octanol–water partition coefficient (Wildman–Crippen LogP) is 2.36. The Morgan fingerprint density at radius 3 is 2.71 bits per heavy atom. The van der Waals surface area contributed by atoms with E-state index in [-0.39, 0.29) is 30.1 Å². The van der Waals surface area contributed by atoms with Gasteiger partial charge in [0.2, 0.25) is 5.91 Å². The minimum absolute atomic E-state index is 0.00990. The summed E-state index contributed by atoms with van der Waals surface area (Å²) in [6.45, 7) is 5.85. The number of benzene rings is 1. The highest BCUT2D eigenvalue weighted by molar-refractivity contribution is 5.82. The molecule has 132 valence electrons. The third kappa shape index (κ3) is 3.44. The summed E-state index contributed by atoms with van der Waals surface area (Å²) < 4.78 is 27.0. The number of hydrogen-bond donors (Lipinski definition) is 2. The van der Waals surface area contributed by atoms with Crippen LogP contribution in [-0.4, -0.2) is 42.0 Å². The first kappa shape index (κ1) is 17.3. The lowest BCUT2D eigenvalue weighted by atomic mass is 9.98. The number of hydrogen-bond acceptors (Lipinski definition) is 3. The smallest absolute Gasteiger partial charge is 0.237 e. The van der Waals surface area contributed by atoms with Gasteiger partial charge in [0.25, 0.3) is 0 Å². The van der Waals surface area contributed by atoms with Crippen LogP contribution in [0.15, 0.2) is 18.2 Å². The van der Waals surface area contributed by atoms with Gasteiger partial charge in [-0.25, -0.2) is 8.78 Å². The highest BCUT2D eigenvalue weighted by Crippen LogP contribution is 2.34. The largest absolute Gasteiger partial charge is 0.350 e. The highest BCUT2D eigenvalue weighted by atomic mass is 19.2. The SMILES string of the molecule is CC(C)N1CC[C@H](NC(=O)[C@@H]2CCCN2)[C@@H]1c1ccc(F)c(F)c1. The van der Waals surface area contributed by atoms with Crippen LogP contribution in [-0.2, 0) is 4.79 Å². The van der Waals surface area contributed by atoms with Gasteiger partial charge in [0.05, 0.1) is 12.1 Å². The number of halogens is 2. The quantitative estimate of drug-likeness (QED) is 0.886. The van der Waals surface area contributed by atoms with Crippen LogP contribution in [0.3, 0.4) is 0 Å². The Bertz CT molecular complexity index is 602. The number of carbonyl (C=O) groups excluding carboxylic acids is 1. The summed E-state index contributed by atoms with van der Waals surface area (Å²) >= 11 is 0. The van der Waals surface area contributed by atoms with Crippen molar-refractivity contribution in [1.29, 1.82) is 0 Å². The summed E-state index contributed by atoms with van der Waals surface area (Å²) in [5.41, 5.74) is 0.713. The number of likely N-dealkylation sites (tertiary alicyclic amines) is 1. The topological polar surface area (TPSA) is 44.4 Å². The molecule has 3 atom stereocenters. The molecule has 2 N–H and O–H groups in total. The van der Waals surface area contributed by atoms with E-state index in [1.165, 1.54) is 12.1 Å². The van der Waals surface area contributed by atoms with E-state index in [9.17, 15) is 13.6 Å². The van der Waals surface area contributed by atoms with Crippen LogP contribution in [0.25, 0.3) is 0 Å². The Morgan fingerprint density at radius 1 is 1.29 bits per heavy atom. The average Bonchev–Trinajstić information content (AvgIpc) is 3.19. The van der Waals surface area contributed by atoms with Crippen LogP contribution in [0.2, 0.25) is 0 Å². The second kappa shape index (κ2) is 7.15. The third-order valence-electron chi connectivity index (χ3n) is 5.09. The van der Waals surface area contributed by atoms with E-state index >= 15 is 0 Å². The summed E-state index contributed by atoms with van der Waals surface area (Å²) in [7, 11) is 0. The van der Waals surface area contributed by atoms with Crippen LogP contribution < -0.4 is 10.6 Å². The summed E-state index contributed by atoms with van der Waals surface area (Å²) in [6, 6.07) is 3.94. The first-order chi connectivity index (χ1) is 11.5. The summed E-state index contributed by atoms with van der Waals surface area (Å²) in [5.74, 6) is -1.68. The number of amides is 1. The standard InChI is InChI=1S/C18H25F2N3O/c1-11(2)23-9-7-15(22-18(24)16-4-3-8-21-16)17(23)12-5-6-13(19)14(20)10-12/h5-6,10-11,15-17,21H,3-4,7-9H2,1-2H3,(H,22,24)/t15-,16-,17-/m0/s1. The van der Waals surface area contributed by atoms with Gasteiger partial charge in [0, 0.05) is 18.6 Å². The van der Waals surface area contributed by atoms with Crippen LogP contribution in [0, 0.1) is 11.6 Å². The van der Waals surface area contributed by atoms with E-state index in [0.29, 0.717) is 5.56 Å². The zero-order chi connectivity index (χ0) is 17.3. The van der Waals surface area contributed by atoms with Crippen LogP contribution >= 0.6 is 0 Å². The predicted molar refractivity (Wildman–Crippen MR) is 88.5 cm³/mol. The Hall–Kier alpha value is -1.53. The average molecular weight is 337 g/mol. The van der Waals surface area contributed by atoms with E-state index in [0.717, 1.165) is 32.4 Å². The molecule has 1 amide bonds. The molecule has 4 nitrogen and oxygen atoms in total. The zero-order valence-corrected chi connectivity index (χ0v) is 14.2. The molecule has 0 unspecified atom stereocenters. The summed E-state index contributed by atoms with van der Waals surface area (Å²) in [5, 5.41) is 6.33. The summed E-state index contributed by atoms with van der Waals surface area (Å²) in [4.78, 5) is 14.7. The van der Waals surface area contributed by atoms with Crippen molar-refractivity contribution in [3.05, 3.63) is 35.4 Å². The van der Waals surface area contributed by atoms with Crippen molar-refractivity contribution in [2.24, 2.45) is 0 Å². The van der Waals surface area contributed by atoms with Crippen molar-refractivity contribution in [3.8, 4) is 0 Å². The normalized spacial score (nSPS) is 27.8. The minimum Gasteiger partial charge on any atom is -0.350 e. The molecule has 0 saturated carbocycles.